The van der Waals surface area contributed by atoms with Gasteiger partial charge in [0.25, 0.3) is 0 Å². The van der Waals surface area contributed by atoms with Gasteiger partial charge in [0, 0.05) is 23.9 Å². The summed E-state index contributed by atoms with van der Waals surface area (Å²) in [6.45, 7) is 2.76. The largest absolute Gasteiger partial charge is 0.452 e. The number of hydrogen-bond donors (Lipinski definition) is 2. The standard InChI is InChI=1S/C14H15ClN4O2/c1-3-19-7-8(6-17-19)21-12-5-11-9(4-10(12)15)13(16-2)14(20)18-11/h4-7,13,16H,3H2,1-2H3,(H,18,20). The number of rotatable bonds is 4. The van der Waals surface area contributed by atoms with Crippen molar-refractivity contribution in [2.45, 2.75) is 19.5 Å². The minimum Gasteiger partial charge on any atom is -0.452 e. The second-order valence-electron chi connectivity index (χ2n) is 4.71. The zero-order chi connectivity index (χ0) is 15.0. The van der Waals surface area contributed by atoms with Crippen molar-refractivity contribution in [2.24, 2.45) is 0 Å². The van der Waals surface area contributed by atoms with Crippen LogP contribution in [0.2, 0.25) is 5.02 Å². The number of aromatic nitrogens is 2. The molecule has 1 aliphatic heterocycles. The third kappa shape index (κ3) is 2.48. The molecule has 0 saturated heterocycles. The van der Waals surface area contributed by atoms with E-state index in [0.29, 0.717) is 22.2 Å². The van der Waals surface area contributed by atoms with Gasteiger partial charge in [-0.25, -0.2) is 0 Å². The topological polar surface area (TPSA) is 68.2 Å². The van der Waals surface area contributed by atoms with Crippen LogP contribution in [0.5, 0.6) is 11.5 Å². The van der Waals surface area contributed by atoms with E-state index in [0.717, 1.165) is 12.1 Å². The molecule has 0 spiro atoms. The van der Waals surface area contributed by atoms with Crippen LogP contribution in [-0.2, 0) is 11.3 Å². The number of likely N-dealkylation sites (N-methyl/N-ethyl adjacent to an activating group) is 1. The predicted molar refractivity (Wildman–Crippen MR) is 79.9 cm³/mol. The molecule has 6 nitrogen and oxygen atoms in total. The Morgan fingerprint density at radius 2 is 2.33 bits per heavy atom. The summed E-state index contributed by atoms with van der Waals surface area (Å²) in [7, 11) is 1.73. The Hall–Kier alpha value is -2.05. The highest BCUT2D eigenvalue weighted by atomic mass is 35.5. The number of amides is 1. The van der Waals surface area contributed by atoms with E-state index in [1.54, 1.807) is 36.3 Å². The van der Waals surface area contributed by atoms with Crippen molar-refractivity contribution < 1.29 is 9.53 Å². The average Bonchev–Trinajstić information content (AvgIpc) is 3.03. The van der Waals surface area contributed by atoms with Gasteiger partial charge in [-0.1, -0.05) is 11.6 Å². The molecular weight excluding hydrogens is 292 g/mol. The number of benzene rings is 1. The van der Waals surface area contributed by atoms with Gasteiger partial charge in [-0.2, -0.15) is 5.10 Å². The number of carbonyl (C=O) groups excluding carboxylic acids is 1. The summed E-state index contributed by atoms with van der Waals surface area (Å²) in [6, 6.07) is 3.10. The quantitative estimate of drug-likeness (QED) is 0.911. The van der Waals surface area contributed by atoms with E-state index < -0.39 is 0 Å². The van der Waals surface area contributed by atoms with E-state index in [4.69, 9.17) is 16.3 Å². The first-order valence-electron chi connectivity index (χ1n) is 6.64. The molecule has 21 heavy (non-hydrogen) atoms. The van der Waals surface area contributed by atoms with Crippen molar-refractivity contribution in [1.82, 2.24) is 15.1 Å². The van der Waals surface area contributed by atoms with E-state index in [-0.39, 0.29) is 11.9 Å². The van der Waals surface area contributed by atoms with Crippen molar-refractivity contribution in [1.29, 1.82) is 0 Å². The lowest BCUT2D eigenvalue weighted by Crippen LogP contribution is -2.23. The van der Waals surface area contributed by atoms with Gasteiger partial charge in [0.1, 0.15) is 11.8 Å². The van der Waals surface area contributed by atoms with Crippen LogP contribution in [-0.4, -0.2) is 22.7 Å². The van der Waals surface area contributed by atoms with Crippen LogP contribution in [0, 0.1) is 0 Å². The summed E-state index contributed by atoms with van der Waals surface area (Å²) in [5.74, 6) is 0.996. The van der Waals surface area contributed by atoms with Gasteiger partial charge in [0.2, 0.25) is 5.91 Å². The molecule has 0 saturated carbocycles. The maximum Gasteiger partial charge on any atom is 0.246 e. The molecule has 1 atom stereocenters. The first-order valence-corrected chi connectivity index (χ1v) is 7.02. The molecule has 0 bridgehead atoms. The third-order valence-electron chi connectivity index (χ3n) is 3.39. The van der Waals surface area contributed by atoms with Crippen molar-refractivity contribution in [3.8, 4) is 11.5 Å². The van der Waals surface area contributed by atoms with Gasteiger partial charge in [-0.3, -0.25) is 9.48 Å². The van der Waals surface area contributed by atoms with Gasteiger partial charge in [0.15, 0.2) is 5.75 Å². The van der Waals surface area contributed by atoms with Gasteiger partial charge < -0.3 is 15.4 Å². The number of anilines is 1. The second-order valence-corrected chi connectivity index (χ2v) is 5.12. The van der Waals surface area contributed by atoms with Crippen LogP contribution in [0.15, 0.2) is 24.5 Å². The Bertz CT molecular complexity index is 698. The lowest BCUT2D eigenvalue weighted by molar-refractivity contribution is -0.117. The van der Waals surface area contributed by atoms with Crippen LogP contribution in [0.4, 0.5) is 5.69 Å². The molecule has 1 aliphatic rings. The Balaban J connectivity index is 1.91. The fraction of sp³-hybridized carbons (Fsp3) is 0.286. The molecule has 3 rings (SSSR count). The van der Waals surface area contributed by atoms with Crippen molar-refractivity contribution in [2.75, 3.05) is 12.4 Å². The van der Waals surface area contributed by atoms with Crippen LogP contribution >= 0.6 is 11.6 Å². The fourth-order valence-corrected chi connectivity index (χ4v) is 2.53. The highest BCUT2D eigenvalue weighted by Gasteiger charge is 2.30. The number of nitrogens with one attached hydrogen (secondary N) is 2. The highest BCUT2D eigenvalue weighted by Crippen LogP contribution is 2.39. The zero-order valence-electron chi connectivity index (χ0n) is 11.7. The summed E-state index contributed by atoms with van der Waals surface area (Å²) in [5, 5.41) is 10.4. The van der Waals surface area contributed by atoms with Gasteiger partial charge in [0.05, 0.1) is 17.4 Å². The average molecular weight is 307 g/mol. The molecule has 110 valence electrons. The second kappa shape index (κ2) is 5.38. The van der Waals surface area contributed by atoms with E-state index >= 15 is 0 Å². The number of hydrogen-bond acceptors (Lipinski definition) is 4. The molecule has 2 heterocycles. The fourth-order valence-electron chi connectivity index (χ4n) is 2.32. The molecule has 2 aromatic rings. The lowest BCUT2D eigenvalue weighted by atomic mass is 10.1. The smallest absolute Gasteiger partial charge is 0.246 e. The van der Waals surface area contributed by atoms with Crippen LogP contribution < -0.4 is 15.4 Å². The third-order valence-corrected chi connectivity index (χ3v) is 3.68. The minimum atomic E-state index is -0.380. The highest BCUT2D eigenvalue weighted by molar-refractivity contribution is 6.32. The monoisotopic (exact) mass is 306 g/mol. The molecule has 0 radical (unpaired) electrons. The van der Waals surface area contributed by atoms with Crippen molar-refractivity contribution in [3.63, 3.8) is 0 Å². The molecule has 7 heteroatoms. The number of halogens is 1. The predicted octanol–water partition coefficient (Wildman–Crippen LogP) is 2.56. The maximum absolute atomic E-state index is 11.8. The van der Waals surface area contributed by atoms with Crippen LogP contribution in [0.3, 0.4) is 0 Å². The molecule has 1 aromatic heterocycles. The van der Waals surface area contributed by atoms with Crippen molar-refractivity contribution in [3.05, 3.63) is 35.1 Å². The zero-order valence-corrected chi connectivity index (χ0v) is 12.4. The van der Waals surface area contributed by atoms with E-state index in [1.807, 2.05) is 6.92 Å². The van der Waals surface area contributed by atoms with Gasteiger partial charge >= 0.3 is 0 Å². The summed E-state index contributed by atoms with van der Waals surface area (Å²) in [4.78, 5) is 11.8. The normalized spacial score (nSPS) is 16.7. The Kier molecular flexibility index (Phi) is 3.57. The molecule has 0 fully saturated rings. The molecule has 1 aromatic carbocycles. The molecule has 1 unspecified atom stereocenters. The van der Waals surface area contributed by atoms with E-state index in [9.17, 15) is 4.79 Å². The number of ether oxygens (including phenoxy) is 1. The number of aryl methyl sites for hydroxylation is 1. The first-order chi connectivity index (χ1) is 10.1. The summed E-state index contributed by atoms with van der Waals surface area (Å²) >= 11 is 6.25. The number of carbonyl (C=O) groups is 1. The number of fused-ring (bicyclic) bond motifs is 1. The van der Waals surface area contributed by atoms with E-state index in [1.165, 1.54) is 0 Å². The van der Waals surface area contributed by atoms with Crippen LogP contribution in [0.25, 0.3) is 0 Å². The Morgan fingerprint density at radius 3 is 3.00 bits per heavy atom. The Labute approximate surface area is 127 Å². The van der Waals surface area contributed by atoms with Gasteiger partial charge in [-0.15, -0.1) is 0 Å². The summed E-state index contributed by atoms with van der Waals surface area (Å²) < 4.78 is 7.49. The van der Waals surface area contributed by atoms with Gasteiger partial charge in [-0.05, 0) is 20.0 Å². The molecule has 0 aliphatic carbocycles. The Morgan fingerprint density at radius 1 is 1.52 bits per heavy atom. The lowest BCUT2D eigenvalue weighted by Gasteiger charge is -2.10. The first kappa shape index (κ1) is 13.9. The molecular formula is C14H15ClN4O2. The van der Waals surface area contributed by atoms with Crippen molar-refractivity contribution >= 4 is 23.2 Å². The maximum atomic E-state index is 11.8. The SMILES string of the molecule is CCn1cc(Oc2cc3c(cc2Cl)C(NC)C(=O)N3)cn1. The minimum absolute atomic E-state index is 0.0977. The summed E-state index contributed by atoms with van der Waals surface area (Å²) in [5.41, 5.74) is 1.53. The summed E-state index contributed by atoms with van der Waals surface area (Å²) in [6.07, 6.45) is 3.42. The molecule has 1 amide bonds. The van der Waals surface area contributed by atoms with Crippen LogP contribution in [0.1, 0.15) is 18.5 Å². The number of nitrogens with zero attached hydrogens (tertiary/aromatic N) is 2. The van der Waals surface area contributed by atoms with E-state index in [2.05, 4.69) is 15.7 Å². The molecule has 2 N–H and O–H groups in total.